The second kappa shape index (κ2) is 4.72. The SMILES string of the molecule is C=CC(C=C)(COC(C)=O)OC. The van der Waals surface area contributed by atoms with Gasteiger partial charge in [-0.25, -0.2) is 0 Å². The monoisotopic (exact) mass is 170 g/mol. The highest BCUT2D eigenvalue weighted by Gasteiger charge is 2.22. The quantitative estimate of drug-likeness (QED) is 0.461. The van der Waals surface area contributed by atoms with Crippen molar-refractivity contribution in [2.75, 3.05) is 13.7 Å². The number of hydrogen-bond acceptors (Lipinski definition) is 3. The van der Waals surface area contributed by atoms with E-state index >= 15 is 0 Å². The number of ether oxygens (including phenoxy) is 2. The molecule has 0 heterocycles. The average Bonchev–Trinajstić information content (AvgIpc) is 2.08. The Morgan fingerprint density at radius 2 is 2.00 bits per heavy atom. The summed E-state index contributed by atoms with van der Waals surface area (Å²) in [7, 11) is 1.51. The van der Waals surface area contributed by atoms with Crippen molar-refractivity contribution in [2.24, 2.45) is 0 Å². The van der Waals surface area contributed by atoms with Gasteiger partial charge in [-0.3, -0.25) is 4.79 Å². The molecule has 0 saturated heterocycles. The van der Waals surface area contributed by atoms with E-state index in [4.69, 9.17) is 9.47 Å². The van der Waals surface area contributed by atoms with Crippen LogP contribution in [0.25, 0.3) is 0 Å². The lowest BCUT2D eigenvalue weighted by Gasteiger charge is -2.23. The molecule has 0 aliphatic heterocycles. The van der Waals surface area contributed by atoms with Gasteiger partial charge in [0.05, 0.1) is 0 Å². The van der Waals surface area contributed by atoms with Crippen molar-refractivity contribution in [1.29, 1.82) is 0 Å². The molecule has 0 aliphatic carbocycles. The number of carbonyl (C=O) groups excluding carboxylic acids is 1. The van der Waals surface area contributed by atoms with E-state index in [1.165, 1.54) is 14.0 Å². The van der Waals surface area contributed by atoms with Crippen LogP contribution < -0.4 is 0 Å². The second-order valence-corrected chi connectivity index (χ2v) is 2.35. The summed E-state index contributed by atoms with van der Waals surface area (Å²) in [5.74, 6) is -0.347. The molecular weight excluding hydrogens is 156 g/mol. The number of esters is 1. The molecule has 0 radical (unpaired) electrons. The molecule has 0 aromatic carbocycles. The maximum Gasteiger partial charge on any atom is 0.302 e. The highest BCUT2D eigenvalue weighted by atomic mass is 16.6. The summed E-state index contributed by atoms with van der Waals surface area (Å²) in [5.41, 5.74) is -0.758. The highest BCUT2D eigenvalue weighted by molar-refractivity contribution is 5.66. The molecule has 0 atom stereocenters. The Kier molecular flexibility index (Phi) is 4.29. The van der Waals surface area contributed by atoms with Crippen molar-refractivity contribution >= 4 is 5.97 Å². The zero-order valence-corrected chi connectivity index (χ0v) is 7.50. The summed E-state index contributed by atoms with van der Waals surface area (Å²) >= 11 is 0. The molecule has 3 nitrogen and oxygen atoms in total. The number of hydrogen-bond donors (Lipinski definition) is 0. The predicted octanol–water partition coefficient (Wildman–Crippen LogP) is 1.31. The van der Waals surface area contributed by atoms with Gasteiger partial charge in [0.15, 0.2) is 0 Å². The molecule has 0 unspecified atom stereocenters. The largest absolute Gasteiger partial charge is 0.462 e. The zero-order valence-electron chi connectivity index (χ0n) is 7.50. The van der Waals surface area contributed by atoms with E-state index in [9.17, 15) is 4.79 Å². The molecule has 0 bridgehead atoms. The Balaban J connectivity index is 4.20. The molecule has 0 N–H and O–H groups in total. The molecule has 0 rings (SSSR count). The third-order valence-corrected chi connectivity index (χ3v) is 1.57. The summed E-state index contributed by atoms with van der Waals surface area (Å²) in [6, 6.07) is 0. The van der Waals surface area contributed by atoms with Crippen LogP contribution in [0.5, 0.6) is 0 Å². The average molecular weight is 170 g/mol. The minimum Gasteiger partial charge on any atom is -0.462 e. The molecule has 0 fully saturated rings. The molecule has 0 amide bonds. The summed E-state index contributed by atoms with van der Waals surface area (Å²) in [6.07, 6.45) is 3.09. The smallest absolute Gasteiger partial charge is 0.302 e. The first-order valence-electron chi connectivity index (χ1n) is 3.56. The van der Waals surface area contributed by atoms with Gasteiger partial charge in [0.25, 0.3) is 0 Å². The molecule has 0 aromatic rings. The van der Waals surface area contributed by atoms with Gasteiger partial charge in [-0.2, -0.15) is 0 Å². The van der Waals surface area contributed by atoms with Crippen molar-refractivity contribution in [3.05, 3.63) is 25.3 Å². The summed E-state index contributed by atoms with van der Waals surface area (Å²) in [6.45, 7) is 8.59. The standard InChI is InChI=1S/C9H14O3/c1-5-9(6-2,11-4)7-12-8(3)10/h5-6H,1-2,7H2,3-4H3. The van der Waals surface area contributed by atoms with Crippen LogP contribution in [0.2, 0.25) is 0 Å². The second-order valence-electron chi connectivity index (χ2n) is 2.35. The van der Waals surface area contributed by atoms with E-state index in [-0.39, 0.29) is 12.6 Å². The van der Waals surface area contributed by atoms with Crippen LogP contribution in [0.4, 0.5) is 0 Å². The van der Waals surface area contributed by atoms with Gasteiger partial charge in [0, 0.05) is 14.0 Å². The maximum atomic E-state index is 10.5. The van der Waals surface area contributed by atoms with Crippen molar-refractivity contribution in [1.82, 2.24) is 0 Å². The van der Waals surface area contributed by atoms with Crippen LogP contribution in [0.15, 0.2) is 25.3 Å². The maximum absolute atomic E-state index is 10.5. The third-order valence-electron chi connectivity index (χ3n) is 1.57. The van der Waals surface area contributed by atoms with Gasteiger partial charge in [-0.1, -0.05) is 25.3 Å². The Bertz CT molecular complexity index is 176. The van der Waals surface area contributed by atoms with Crippen molar-refractivity contribution in [2.45, 2.75) is 12.5 Å². The van der Waals surface area contributed by atoms with Gasteiger partial charge in [-0.05, 0) is 0 Å². The van der Waals surface area contributed by atoms with Crippen LogP contribution in [-0.2, 0) is 14.3 Å². The van der Waals surface area contributed by atoms with Crippen LogP contribution in [0.1, 0.15) is 6.92 Å². The number of rotatable bonds is 5. The van der Waals surface area contributed by atoms with Crippen molar-refractivity contribution in [3.63, 3.8) is 0 Å². The first kappa shape index (κ1) is 10.9. The van der Waals surface area contributed by atoms with E-state index in [1.807, 2.05) is 0 Å². The zero-order chi connectivity index (χ0) is 9.61. The van der Waals surface area contributed by atoms with Crippen LogP contribution in [-0.4, -0.2) is 25.3 Å². The molecule has 3 heteroatoms. The molecule has 0 aliphatic rings. The van der Waals surface area contributed by atoms with E-state index < -0.39 is 5.60 Å². The Morgan fingerprint density at radius 1 is 1.50 bits per heavy atom. The van der Waals surface area contributed by atoms with E-state index in [0.29, 0.717) is 0 Å². The minimum atomic E-state index is -0.758. The van der Waals surface area contributed by atoms with Crippen molar-refractivity contribution < 1.29 is 14.3 Å². The fourth-order valence-electron chi connectivity index (χ4n) is 0.641. The van der Waals surface area contributed by atoms with E-state index in [0.717, 1.165) is 0 Å². The fraction of sp³-hybridized carbons (Fsp3) is 0.444. The molecule has 0 aromatic heterocycles. The first-order valence-corrected chi connectivity index (χ1v) is 3.56. The van der Waals surface area contributed by atoms with Gasteiger partial charge >= 0.3 is 5.97 Å². The van der Waals surface area contributed by atoms with Gasteiger partial charge in [-0.15, -0.1) is 0 Å². The van der Waals surface area contributed by atoms with Crippen LogP contribution in [0, 0.1) is 0 Å². The van der Waals surface area contributed by atoms with Gasteiger partial charge < -0.3 is 9.47 Å². The molecule has 12 heavy (non-hydrogen) atoms. The predicted molar refractivity (Wildman–Crippen MR) is 46.8 cm³/mol. The molecular formula is C9H14O3. The first-order chi connectivity index (χ1) is 5.60. The Hall–Kier alpha value is -1.09. The number of methoxy groups -OCH3 is 1. The summed E-state index contributed by atoms with van der Waals surface area (Å²) < 4.78 is 9.85. The third kappa shape index (κ3) is 2.88. The van der Waals surface area contributed by atoms with Gasteiger partial charge in [0.1, 0.15) is 12.2 Å². The molecule has 0 saturated carbocycles. The lowest BCUT2D eigenvalue weighted by molar-refractivity contribution is -0.145. The van der Waals surface area contributed by atoms with Crippen LogP contribution in [0.3, 0.4) is 0 Å². The minimum absolute atomic E-state index is 0.117. The number of carbonyl (C=O) groups is 1. The van der Waals surface area contributed by atoms with Crippen LogP contribution >= 0.6 is 0 Å². The molecule has 68 valence electrons. The lowest BCUT2D eigenvalue weighted by atomic mass is 10.1. The fourth-order valence-corrected chi connectivity index (χ4v) is 0.641. The highest BCUT2D eigenvalue weighted by Crippen LogP contribution is 2.13. The normalized spacial score (nSPS) is 10.5. The molecule has 0 spiro atoms. The van der Waals surface area contributed by atoms with Crippen molar-refractivity contribution in [3.8, 4) is 0 Å². The summed E-state index contributed by atoms with van der Waals surface area (Å²) in [4.78, 5) is 10.5. The van der Waals surface area contributed by atoms with E-state index in [1.54, 1.807) is 12.2 Å². The topological polar surface area (TPSA) is 35.5 Å². The lowest BCUT2D eigenvalue weighted by Crippen LogP contribution is -2.32. The van der Waals surface area contributed by atoms with Gasteiger partial charge in [0.2, 0.25) is 0 Å². The Labute approximate surface area is 72.7 Å². The summed E-state index contributed by atoms with van der Waals surface area (Å²) in [5, 5.41) is 0. The van der Waals surface area contributed by atoms with E-state index in [2.05, 4.69) is 13.2 Å². The Morgan fingerprint density at radius 3 is 2.25 bits per heavy atom.